The van der Waals surface area contributed by atoms with Crippen molar-refractivity contribution in [1.29, 1.82) is 0 Å². The highest BCUT2D eigenvalue weighted by atomic mass is 16.5. The predicted octanol–water partition coefficient (Wildman–Crippen LogP) is 2.62. The summed E-state index contributed by atoms with van der Waals surface area (Å²) in [5.74, 6) is 1.11. The Bertz CT molecular complexity index is 316. The molecule has 0 amide bonds. The molecule has 0 N–H and O–H groups in total. The molecule has 0 aliphatic carbocycles. The fraction of sp³-hybridized carbons (Fsp3) is 0.750. The Morgan fingerprint density at radius 3 is 2.40 bits per heavy atom. The van der Waals surface area contributed by atoms with E-state index < -0.39 is 0 Å². The summed E-state index contributed by atoms with van der Waals surface area (Å²) in [7, 11) is 0. The maximum atomic E-state index is 5.52. The number of ether oxygens (including phenoxy) is 1. The molecule has 1 aromatic rings. The molecule has 1 aromatic heterocycles. The van der Waals surface area contributed by atoms with E-state index in [2.05, 4.69) is 44.2 Å². The molecule has 0 fully saturated rings. The molecule has 86 valence electrons. The molecule has 15 heavy (non-hydrogen) atoms. The van der Waals surface area contributed by atoms with Crippen LogP contribution in [0.15, 0.2) is 0 Å². The second-order valence-corrected chi connectivity index (χ2v) is 4.25. The van der Waals surface area contributed by atoms with Gasteiger partial charge in [0.1, 0.15) is 5.82 Å². The molecule has 1 heterocycles. The van der Waals surface area contributed by atoms with Gasteiger partial charge < -0.3 is 9.30 Å². The zero-order chi connectivity index (χ0) is 11.4. The van der Waals surface area contributed by atoms with Crippen LogP contribution in [0, 0.1) is 20.8 Å². The van der Waals surface area contributed by atoms with Crippen LogP contribution in [0.5, 0.6) is 0 Å². The molecular weight excluding hydrogens is 188 g/mol. The minimum Gasteiger partial charge on any atom is -0.379 e. The monoisotopic (exact) mass is 210 g/mol. The number of hydrogen-bond donors (Lipinski definition) is 0. The van der Waals surface area contributed by atoms with E-state index in [1.165, 1.54) is 5.69 Å². The third-order valence-corrected chi connectivity index (χ3v) is 2.63. The smallest absolute Gasteiger partial charge is 0.106 e. The van der Waals surface area contributed by atoms with Crippen LogP contribution in [0.3, 0.4) is 0 Å². The Morgan fingerprint density at radius 2 is 1.93 bits per heavy atom. The summed E-state index contributed by atoms with van der Waals surface area (Å²) in [5, 5.41) is 0. The lowest BCUT2D eigenvalue weighted by Crippen LogP contribution is -2.09. The fourth-order valence-corrected chi connectivity index (χ4v) is 1.69. The zero-order valence-corrected chi connectivity index (χ0v) is 10.5. The maximum absolute atomic E-state index is 5.52. The summed E-state index contributed by atoms with van der Waals surface area (Å²) in [6, 6.07) is 0. The average molecular weight is 210 g/mol. The van der Waals surface area contributed by atoms with E-state index in [1.807, 2.05) is 0 Å². The van der Waals surface area contributed by atoms with E-state index in [-0.39, 0.29) is 0 Å². The second-order valence-electron chi connectivity index (χ2n) is 4.25. The van der Waals surface area contributed by atoms with Crippen molar-refractivity contribution in [2.45, 2.75) is 53.7 Å². The van der Waals surface area contributed by atoms with Crippen molar-refractivity contribution < 1.29 is 4.74 Å². The average Bonchev–Trinajstić information content (AvgIpc) is 2.37. The van der Waals surface area contributed by atoms with Crippen molar-refractivity contribution in [3.05, 3.63) is 17.2 Å². The Hall–Kier alpha value is -0.830. The van der Waals surface area contributed by atoms with Crippen molar-refractivity contribution in [1.82, 2.24) is 9.55 Å². The van der Waals surface area contributed by atoms with E-state index >= 15 is 0 Å². The summed E-state index contributed by atoms with van der Waals surface area (Å²) in [5.41, 5.74) is 2.41. The quantitative estimate of drug-likeness (QED) is 0.698. The lowest BCUT2D eigenvalue weighted by molar-refractivity contribution is 0.0747. The van der Waals surface area contributed by atoms with Crippen LogP contribution in [0.1, 0.15) is 37.5 Å². The van der Waals surface area contributed by atoms with E-state index in [0.29, 0.717) is 6.10 Å². The lowest BCUT2D eigenvalue weighted by Gasteiger charge is -2.10. The molecule has 0 aliphatic rings. The Labute approximate surface area is 92.5 Å². The normalized spacial score (nSPS) is 11.3. The van der Waals surface area contributed by atoms with E-state index in [1.54, 1.807) is 0 Å². The number of imidazole rings is 1. The Balaban J connectivity index is 2.44. The summed E-state index contributed by atoms with van der Waals surface area (Å²) < 4.78 is 7.78. The molecule has 3 nitrogen and oxygen atoms in total. The van der Waals surface area contributed by atoms with Crippen molar-refractivity contribution >= 4 is 0 Å². The van der Waals surface area contributed by atoms with Crippen LogP contribution >= 0.6 is 0 Å². The zero-order valence-electron chi connectivity index (χ0n) is 10.5. The van der Waals surface area contributed by atoms with Crippen molar-refractivity contribution in [3.63, 3.8) is 0 Å². The molecule has 3 heteroatoms. The first kappa shape index (κ1) is 12.2. The molecule has 0 saturated heterocycles. The van der Waals surface area contributed by atoms with Gasteiger partial charge in [0.2, 0.25) is 0 Å². The number of hydrogen-bond acceptors (Lipinski definition) is 2. The third-order valence-electron chi connectivity index (χ3n) is 2.63. The maximum Gasteiger partial charge on any atom is 0.106 e. The summed E-state index contributed by atoms with van der Waals surface area (Å²) in [6.07, 6.45) is 1.38. The predicted molar refractivity (Wildman–Crippen MR) is 62.1 cm³/mol. The van der Waals surface area contributed by atoms with Crippen molar-refractivity contribution in [2.75, 3.05) is 6.61 Å². The number of rotatable bonds is 5. The van der Waals surface area contributed by atoms with Crippen LogP contribution in [-0.4, -0.2) is 22.3 Å². The Kier molecular flexibility index (Phi) is 4.33. The lowest BCUT2D eigenvalue weighted by atomic mass is 10.3. The van der Waals surface area contributed by atoms with Gasteiger partial charge >= 0.3 is 0 Å². The SMILES string of the molecule is Cc1nc(C)n(CCCOC(C)C)c1C. The van der Waals surface area contributed by atoms with Crippen LogP contribution in [0.4, 0.5) is 0 Å². The summed E-state index contributed by atoms with van der Waals surface area (Å²) in [4.78, 5) is 4.45. The minimum atomic E-state index is 0.330. The molecular formula is C12H22N2O. The summed E-state index contributed by atoms with van der Waals surface area (Å²) >= 11 is 0. The van der Waals surface area contributed by atoms with Gasteiger partial charge in [0.15, 0.2) is 0 Å². The van der Waals surface area contributed by atoms with Gasteiger partial charge in [-0.25, -0.2) is 4.98 Å². The third kappa shape index (κ3) is 3.34. The number of aromatic nitrogens is 2. The minimum absolute atomic E-state index is 0.330. The highest BCUT2D eigenvalue weighted by Crippen LogP contribution is 2.09. The van der Waals surface area contributed by atoms with Crippen molar-refractivity contribution in [3.8, 4) is 0 Å². The van der Waals surface area contributed by atoms with E-state index in [0.717, 1.165) is 31.1 Å². The molecule has 0 radical (unpaired) electrons. The number of aryl methyl sites for hydroxylation is 2. The van der Waals surface area contributed by atoms with Gasteiger partial charge in [-0.05, 0) is 41.0 Å². The molecule has 0 aliphatic heterocycles. The second kappa shape index (κ2) is 5.31. The molecule has 0 atom stereocenters. The van der Waals surface area contributed by atoms with Crippen molar-refractivity contribution in [2.24, 2.45) is 0 Å². The van der Waals surface area contributed by atoms with Gasteiger partial charge in [-0.3, -0.25) is 0 Å². The molecule has 0 aromatic carbocycles. The van der Waals surface area contributed by atoms with Crippen LogP contribution in [0.25, 0.3) is 0 Å². The van der Waals surface area contributed by atoms with E-state index in [9.17, 15) is 0 Å². The Morgan fingerprint density at radius 1 is 1.27 bits per heavy atom. The van der Waals surface area contributed by atoms with Gasteiger partial charge in [0.25, 0.3) is 0 Å². The molecule has 0 bridgehead atoms. The highest BCUT2D eigenvalue weighted by molar-refractivity contribution is 5.13. The molecule has 0 spiro atoms. The van der Waals surface area contributed by atoms with Gasteiger partial charge in [0, 0.05) is 18.8 Å². The first-order chi connectivity index (χ1) is 7.02. The number of nitrogens with zero attached hydrogens (tertiary/aromatic N) is 2. The molecule has 0 unspecified atom stereocenters. The highest BCUT2D eigenvalue weighted by Gasteiger charge is 2.06. The van der Waals surface area contributed by atoms with Gasteiger partial charge in [-0.1, -0.05) is 0 Å². The summed E-state index contributed by atoms with van der Waals surface area (Å²) in [6.45, 7) is 12.2. The van der Waals surface area contributed by atoms with Crippen LogP contribution < -0.4 is 0 Å². The standard InChI is InChI=1S/C12H22N2O/c1-9(2)15-8-6-7-14-11(4)10(3)13-12(14)5/h9H,6-8H2,1-5H3. The van der Waals surface area contributed by atoms with Crippen LogP contribution in [0.2, 0.25) is 0 Å². The first-order valence-corrected chi connectivity index (χ1v) is 5.64. The van der Waals surface area contributed by atoms with Gasteiger partial charge in [-0.15, -0.1) is 0 Å². The molecule has 0 saturated carbocycles. The molecule has 1 rings (SSSR count). The first-order valence-electron chi connectivity index (χ1n) is 5.64. The van der Waals surface area contributed by atoms with Gasteiger partial charge in [0.05, 0.1) is 11.8 Å². The van der Waals surface area contributed by atoms with Crippen LogP contribution in [-0.2, 0) is 11.3 Å². The van der Waals surface area contributed by atoms with Gasteiger partial charge in [-0.2, -0.15) is 0 Å². The van der Waals surface area contributed by atoms with E-state index in [4.69, 9.17) is 4.74 Å². The largest absolute Gasteiger partial charge is 0.379 e. The fourth-order valence-electron chi connectivity index (χ4n) is 1.69. The topological polar surface area (TPSA) is 27.1 Å².